The summed E-state index contributed by atoms with van der Waals surface area (Å²) < 4.78 is 6.35. The van der Waals surface area contributed by atoms with Crippen LogP contribution in [0.1, 0.15) is 16.8 Å². The Morgan fingerprint density at radius 3 is 2.41 bits per heavy atom. The molecular formula is C31H24N2O. The van der Waals surface area contributed by atoms with Crippen molar-refractivity contribution in [1.82, 2.24) is 9.97 Å². The molecule has 0 unspecified atom stereocenters. The van der Waals surface area contributed by atoms with Crippen molar-refractivity contribution in [3.63, 3.8) is 0 Å². The van der Waals surface area contributed by atoms with Crippen LogP contribution in [0.25, 0.3) is 44.5 Å². The maximum atomic E-state index is 6.35. The fourth-order valence-corrected chi connectivity index (χ4v) is 4.62. The number of aromatic nitrogens is 2. The number of para-hydroxylation sites is 1. The topological polar surface area (TPSA) is 38.9 Å². The second-order valence-electron chi connectivity index (χ2n) is 8.67. The Labute approximate surface area is 198 Å². The minimum absolute atomic E-state index is 0.683. The summed E-state index contributed by atoms with van der Waals surface area (Å²) in [5.41, 5.74) is 9.36. The lowest BCUT2D eigenvalue weighted by molar-refractivity contribution is 0.651. The zero-order valence-electron chi connectivity index (χ0n) is 19.0. The lowest BCUT2D eigenvalue weighted by Crippen LogP contribution is -1.93. The van der Waals surface area contributed by atoms with Crippen molar-refractivity contribution >= 4 is 22.1 Å². The summed E-state index contributed by atoms with van der Waals surface area (Å²) in [6.07, 6.45) is 3.71. The molecule has 164 valence electrons. The minimum atomic E-state index is 0.683. The van der Waals surface area contributed by atoms with Gasteiger partial charge >= 0.3 is 0 Å². The van der Waals surface area contributed by atoms with Gasteiger partial charge in [-0.15, -0.1) is 0 Å². The number of hydrogen-bond donors (Lipinski definition) is 0. The van der Waals surface area contributed by atoms with E-state index in [1.54, 1.807) is 0 Å². The quantitative estimate of drug-likeness (QED) is 0.274. The summed E-state index contributed by atoms with van der Waals surface area (Å²) in [6.45, 7) is 2.14. The summed E-state index contributed by atoms with van der Waals surface area (Å²) in [4.78, 5) is 9.54. The molecule has 0 N–H and O–H groups in total. The first-order valence-electron chi connectivity index (χ1n) is 11.6. The molecule has 3 aromatic heterocycles. The minimum Gasteiger partial charge on any atom is -0.437 e. The standard InChI is InChI=1S/C31H24N2O/c1-21-8-5-6-11-25(21)23-18-19-32-29(20-23)28-13-7-12-26-27-17-16-24(33-31(27)34-30(26)28)15-14-22-9-3-2-4-10-22/h2-13,16-20H,14-15H2,1H3. The molecule has 0 aliphatic carbocycles. The highest BCUT2D eigenvalue weighted by Gasteiger charge is 2.15. The molecular weight excluding hydrogens is 416 g/mol. The lowest BCUT2D eigenvalue weighted by atomic mass is 9.99. The van der Waals surface area contributed by atoms with Crippen LogP contribution in [0, 0.1) is 6.92 Å². The predicted octanol–water partition coefficient (Wildman–Crippen LogP) is 7.80. The van der Waals surface area contributed by atoms with Gasteiger partial charge in [0.1, 0.15) is 5.58 Å². The first-order chi connectivity index (χ1) is 16.8. The summed E-state index contributed by atoms with van der Waals surface area (Å²) in [6, 6.07) is 33.6. The van der Waals surface area contributed by atoms with Gasteiger partial charge in [0.15, 0.2) is 0 Å². The highest BCUT2D eigenvalue weighted by Crippen LogP contribution is 2.36. The summed E-state index contributed by atoms with van der Waals surface area (Å²) in [5.74, 6) is 0. The van der Waals surface area contributed by atoms with Gasteiger partial charge in [0, 0.05) is 28.2 Å². The van der Waals surface area contributed by atoms with E-state index in [0.717, 1.165) is 51.7 Å². The van der Waals surface area contributed by atoms with Crippen LogP contribution < -0.4 is 0 Å². The molecule has 0 saturated heterocycles. The number of furan rings is 1. The van der Waals surface area contributed by atoms with E-state index in [4.69, 9.17) is 9.40 Å². The van der Waals surface area contributed by atoms with Crippen molar-refractivity contribution < 1.29 is 4.42 Å². The van der Waals surface area contributed by atoms with Crippen LogP contribution in [0.3, 0.4) is 0 Å². The highest BCUT2D eigenvalue weighted by molar-refractivity contribution is 6.08. The molecule has 3 nitrogen and oxygen atoms in total. The Morgan fingerprint density at radius 1 is 0.706 bits per heavy atom. The third-order valence-electron chi connectivity index (χ3n) is 6.43. The SMILES string of the molecule is Cc1ccccc1-c1ccnc(-c2cccc3c2oc2nc(CCc4ccccc4)ccc23)c1. The van der Waals surface area contributed by atoms with Gasteiger partial charge in [0.25, 0.3) is 0 Å². The molecule has 0 aliphatic rings. The molecule has 3 aromatic carbocycles. The normalized spacial score (nSPS) is 11.3. The molecule has 0 spiro atoms. The van der Waals surface area contributed by atoms with Crippen molar-refractivity contribution in [3.8, 4) is 22.4 Å². The zero-order chi connectivity index (χ0) is 22.9. The lowest BCUT2D eigenvalue weighted by Gasteiger charge is -2.08. The number of nitrogens with zero attached hydrogens (tertiary/aromatic N) is 2. The average molecular weight is 441 g/mol. The molecule has 3 heteroatoms. The van der Waals surface area contributed by atoms with Gasteiger partial charge < -0.3 is 4.42 Å². The van der Waals surface area contributed by atoms with Crippen LogP contribution in [0.5, 0.6) is 0 Å². The molecule has 0 saturated carbocycles. The van der Waals surface area contributed by atoms with Crippen LogP contribution in [0.15, 0.2) is 108 Å². The van der Waals surface area contributed by atoms with Crippen LogP contribution >= 0.6 is 0 Å². The van der Waals surface area contributed by atoms with E-state index in [-0.39, 0.29) is 0 Å². The van der Waals surface area contributed by atoms with Gasteiger partial charge in [0.2, 0.25) is 5.71 Å². The monoisotopic (exact) mass is 440 g/mol. The maximum absolute atomic E-state index is 6.35. The Morgan fingerprint density at radius 2 is 1.53 bits per heavy atom. The molecule has 0 amide bonds. The van der Waals surface area contributed by atoms with Gasteiger partial charge in [-0.05, 0) is 72.4 Å². The maximum Gasteiger partial charge on any atom is 0.227 e. The first-order valence-corrected chi connectivity index (χ1v) is 11.6. The molecule has 34 heavy (non-hydrogen) atoms. The number of pyridine rings is 2. The average Bonchev–Trinajstić information content (AvgIpc) is 3.26. The van der Waals surface area contributed by atoms with E-state index in [1.165, 1.54) is 16.7 Å². The van der Waals surface area contributed by atoms with E-state index in [0.29, 0.717) is 5.71 Å². The summed E-state index contributed by atoms with van der Waals surface area (Å²) in [7, 11) is 0. The van der Waals surface area contributed by atoms with Crippen LogP contribution in [0.2, 0.25) is 0 Å². The zero-order valence-corrected chi connectivity index (χ0v) is 19.0. The molecule has 0 atom stereocenters. The van der Waals surface area contributed by atoms with E-state index in [9.17, 15) is 0 Å². The molecule has 6 rings (SSSR count). The summed E-state index contributed by atoms with van der Waals surface area (Å²) in [5, 5.41) is 2.10. The smallest absolute Gasteiger partial charge is 0.227 e. The number of rotatable bonds is 5. The van der Waals surface area contributed by atoms with Crippen molar-refractivity contribution in [2.45, 2.75) is 19.8 Å². The van der Waals surface area contributed by atoms with E-state index >= 15 is 0 Å². The van der Waals surface area contributed by atoms with Crippen LogP contribution in [-0.4, -0.2) is 9.97 Å². The predicted molar refractivity (Wildman–Crippen MR) is 139 cm³/mol. The second kappa shape index (κ2) is 8.60. The second-order valence-corrected chi connectivity index (χ2v) is 8.67. The third-order valence-corrected chi connectivity index (χ3v) is 6.43. The van der Waals surface area contributed by atoms with Crippen molar-refractivity contribution in [3.05, 3.63) is 120 Å². The van der Waals surface area contributed by atoms with Crippen molar-refractivity contribution in [1.29, 1.82) is 0 Å². The van der Waals surface area contributed by atoms with Crippen LogP contribution in [0.4, 0.5) is 0 Å². The molecule has 6 aromatic rings. The number of aryl methyl sites for hydroxylation is 3. The number of hydrogen-bond acceptors (Lipinski definition) is 3. The number of benzene rings is 3. The van der Waals surface area contributed by atoms with Gasteiger partial charge in [-0.2, -0.15) is 0 Å². The Kier molecular flexibility index (Phi) is 5.15. The van der Waals surface area contributed by atoms with Gasteiger partial charge in [-0.25, -0.2) is 4.98 Å². The Bertz CT molecular complexity index is 1620. The Hall–Kier alpha value is -4.24. The van der Waals surface area contributed by atoms with Crippen LogP contribution in [-0.2, 0) is 12.8 Å². The van der Waals surface area contributed by atoms with E-state index in [1.807, 2.05) is 12.3 Å². The first kappa shape index (κ1) is 20.4. The third kappa shape index (κ3) is 3.75. The van der Waals surface area contributed by atoms with Crippen molar-refractivity contribution in [2.75, 3.05) is 0 Å². The van der Waals surface area contributed by atoms with Crippen molar-refractivity contribution in [2.24, 2.45) is 0 Å². The van der Waals surface area contributed by atoms with Gasteiger partial charge in [-0.1, -0.05) is 66.7 Å². The van der Waals surface area contributed by atoms with E-state index < -0.39 is 0 Å². The molecule has 0 bridgehead atoms. The van der Waals surface area contributed by atoms with Gasteiger partial charge in [0.05, 0.1) is 5.69 Å². The molecule has 3 heterocycles. The molecule has 0 fully saturated rings. The highest BCUT2D eigenvalue weighted by atomic mass is 16.3. The Balaban J connectivity index is 1.39. The number of fused-ring (bicyclic) bond motifs is 3. The largest absolute Gasteiger partial charge is 0.437 e. The summed E-state index contributed by atoms with van der Waals surface area (Å²) >= 11 is 0. The molecule has 0 aliphatic heterocycles. The van der Waals surface area contributed by atoms with E-state index in [2.05, 4.69) is 103 Å². The molecule has 0 radical (unpaired) electrons. The fourth-order valence-electron chi connectivity index (χ4n) is 4.62. The fraction of sp³-hybridized carbons (Fsp3) is 0.0968. The van der Waals surface area contributed by atoms with Gasteiger partial charge in [-0.3, -0.25) is 4.98 Å².